The Kier molecular flexibility index (Phi) is 4.94. The first-order valence-corrected chi connectivity index (χ1v) is 9.96. The summed E-state index contributed by atoms with van der Waals surface area (Å²) < 4.78 is 0. The predicted octanol–water partition coefficient (Wildman–Crippen LogP) is -0.489. The van der Waals surface area contributed by atoms with Crippen molar-refractivity contribution < 1.29 is 19.5 Å². The lowest BCUT2D eigenvalue weighted by Crippen LogP contribution is -2.61. The third kappa shape index (κ3) is 3.36. The van der Waals surface area contributed by atoms with Crippen LogP contribution in [0.25, 0.3) is 0 Å². The average Bonchev–Trinajstić information content (AvgIpc) is 2.67. The van der Waals surface area contributed by atoms with Gasteiger partial charge in [0.2, 0.25) is 0 Å². The zero-order valence-corrected chi connectivity index (χ0v) is 15.6. The van der Waals surface area contributed by atoms with Gasteiger partial charge in [-0.3, -0.25) is 14.4 Å². The molecule has 8 heteroatoms. The second kappa shape index (κ2) is 7.24. The molecule has 0 spiro atoms. The maximum atomic E-state index is 13.1. The van der Waals surface area contributed by atoms with Crippen LogP contribution in [0.15, 0.2) is 11.4 Å². The summed E-state index contributed by atoms with van der Waals surface area (Å²) in [7, 11) is 1.93. The van der Waals surface area contributed by atoms with Gasteiger partial charge in [0.25, 0.3) is 0 Å². The second-order valence-corrected chi connectivity index (χ2v) is 8.28. The van der Waals surface area contributed by atoms with Gasteiger partial charge in [-0.25, -0.2) is 0 Å². The molecule has 8 nitrogen and oxygen atoms in total. The molecular formula is C19H28N4O4. The van der Waals surface area contributed by atoms with Crippen molar-refractivity contribution in [1.29, 1.82) is 0 Å². The van der Waals surface area contributed by atoms with Crippen LogP contribution in [-0.4, -0.2) is 60.4 Å². The lowest BCUT2D eigenvalue weighted by Gasteiger charge is -2.46. The Morgan fingerprint density at radius 1 is 0.963 bits per heavy atom. The Bertz CT molecular complexity index is 691. The van der Waals surface area contributed by atoms with E-state index in [4.69, 9.17) is 5.11 Å². The molecule has 2 fully saturated rings. The van der Waals surface area contributed by atoms with Crippen LogP contribution in [0, 0.1) is 11.8 Å². The van der Waals surface area contributed by atoms with E-state index in [1.165, 1.54) is 0 Å². The number of hydrogen-bond acceptors (Lipinski definition) is 7. The van der Waals surface area contributed by atoms with E-state index in [0.29, 0.717) is 23.9 Å². The van der Waals surface area contributed by atoms with Gasteiger partial charge in [-0.2, -0.15) is 0 Å². The van der Waals surface area contributed by atoms with Gasteiger partial charge in [0.1, 0.15) is 11.4 Å². The van der Waals surface area contributed by atoms with Gasteiger partial charge in [-0.05, 0) is 45.6 Å². The molecule has 6 atom stereocenters. The van der Waals surface area contributed by atoms with Crippen LogP contribution in [0.2, 0.25) is 0 Å². The number of fused-ring (bicyclic) bond motifs is 2. The van der Waals surface area contributed by atoms with Crippen molar-refractivity contribution in [3.8, 4) is 0 Å². The van der Waals surface area contributed by atoms with E-state index in [2.05, 4.69) is 21.3 Å². The van der Waals surface area contributed by atoms with E-state index >= 15 is 0 Å². The number of allylic oxidation sites excluding steroid dienone is 2. The van der Waals surface area contributed by atoms with Gasteiger partial charge in [0.05, 0.1) is 6.54 Å². The van der Waals surface area contributed by atoms with Gasteiger partial charge in [0.15, 0.2) is 11.6 Å². The molecule has 6 unspecified atom stereocenters. The highest BCUT2D eigenvalue weighted by Gasteiger charge is 2.48. The van der Waals surface area contributed by atoms with Crippen LogP contribution in [-0.2, 0) is 14.4 Å². The van der Waals surface area contributed by atoms with Crippen molar-refractivity contribution in [2.45, 2.75) is 62.7 Å². The topological polar surface area (TPSA) is 120 Å². The first-order chi connectivity index (χ1) is 13.0. The molecule has 2 aliphatic carbocycles. The molecule has 2 saturated carbocycles. The highest BCUT2D eigenvalue weighted by molar-refractivity contribution is 6.10. The number of carbonyl (C=O) groups excluding carboxylic acids is 2. The Labute approximate surface area is 158 Å². The minimum absolute atomic E-state index is 0.0121. The number of carboxylic acid groups (broad SMARTS) is 1. The zero-order chi connectivity index (χ0) is 19.1. The summed E-state index contributed by atoms with van der Waals surface area (Å²) in [5.41, 5.74) is 0.945. The monoisotopic (exact) mass is 376 g/mol. The van der Waals surface area contributed by atoms with Gasteiger partial charge in [-0.1, -0.05) is 0 Å². The molecule has 5 N–H and O–H groups in total. The molecule has 0 saturated heterocycles. The van der Waals surface area contributed by atoms with E-state index in [-0.39, 0.29) is 48.1 Å². The lowest BCUT2D eigenvalue weighted by molar-refractivity contribution is -0.136. The second-order valence-electron chi connectivity index (χ2n) is 8.28. The van der Waals surface area contributed by atoms with Crippen LogP contribution < -0.4 is 21.3 Å². The first kappa shape index (κ1) is 18.4. The molecule has 0 bridgehead atoms. The minimum Gasteiger partial charge on any atom is -0.480 e. The largest absolute Gasteiger partial charge is 0.480 e. The normalized spacial score (nSPS) is 38.3. The number of carboxylic acids is 1. The number of nitrogens with one attached hydrogen (secondary N) is 4. The van der Waals surface area contributed by atoms with Crippen LogP contribution in [0.5, 0.6) is 0 Å². The molecule has 0 amide bonds. The van der Waals surface area contributed by atoms with E-state index < -0.39 is 5.97 Å². The van der Waals surface area contributed by atoms with Gasteiger partial charge >= 0.3 is 5.97 Å². The van der Waals surface area contributed by atoms with Crippen LogP contribution in [0.4, 0.5) is 0 Å². The molecule has 0 aromatic carbocycles. The third-order valence-corrected chi connectivity index (χ3v) is 6.73. The van der Waals surface area contributed by atoms with Crippen LogP contribution >= 0.6 is 0 Å². The molecule has 0 aromatic heterocycles. The summed E-state index contributed by atoms with van der Waals surface area (Å²) in [6.45, 7) is -0.0925. The molecule has 0 radical (unpaired) electrons. The maximum Gasteiger partial charge on any atom is 0.317 e. The summed E-state index contributed by atoms with van der Waals surface area (Å²) in [5.74, 6) is -1.10. The number of ketones is 2. The molecule has 0 aromatic rings. The fourth-order valence-corrected chi connectivity index (χ4v) is 5.22. The van der Waals surface area contributed by atoms with Crippen LogP contribution in [0.3, 0.4) is 0 Å². The minimum atomic E-state index is -0.891. The van der Waals surface area contributed by atoms with Crippen molar-refractivity contribution in [2.24, 2.45) is 11.8 Å². The van der Waals surface area contributed by atoms with E-state index in [1.54, 1.807) is 0 Å². The standard InChI is InChI=1S/C19H28N4O4/c1-20-9-2-4-13-11(6-9)18(26)16-17(22-13)19(27)12-7-10(21-8-15(24)25)3-5-14(12)23-16/h9-14,20-23H,2-8H2,1H3,(H,24,25). The molecule has 2 aliphatic heterocycles. The van der Waals surface area contributed by atoms with Crippen molar-refractivity contribution in [3.05, 3.63) is 11.4 Å². The van der Waals surface area contributed by atoms with Gasteiger partial charge in [0, 0.05) is 36.0 Å². The summed E-state index contributed by atoms with van der Waals surface area (Å²) in [6, 6.07) is 0.369. The fraction of sp³-hybridized carbons (Fsp3) is 0.737. The number of aliphatic carboxylic acids is 1. The van der Waals surface area contributed by atoms with Crippen molar-refractivity contribution in [2.75, 3.05) is 13.6 Å². The predicted molar refractivity (Wildman–Crippen MR) is 97.8 cm³/mol. The van der Waals surface area contributed by atoms with Gasteiger partial charge in [-0.15, -0.1) is 0 Å². The number of rotatable bonds is 4. The zero-order valence-electron chi connectivity index (χ0n) is 15.6. The van der Waals surface area contributed by atoms with E-state index in [9.17, 15) is 14.4 Å². The fourth-order valence-electron chi connectivity index (χ4n) is 5.22. The Morgan fingerprint density at radius 3 is 2.00 bits per heavy atom. The summed E-state index contributed by atoms with van der Waals surface area (Å²) in [4.78, 5) is 37.0. The molecule has 148 valence electrons. The molecule has 4 aliphatic rings. The molecular weight excluding hydrogens is 348 g/mol. The number of hydrogen-bond donors (Lipinski definition) is 5. The maximum absolute atomic E-state index is 13.1. The smallest absolute Gasteiger partial charge is 0.317 e. The SMILES string of the molecule is CNC1CCC2NC3=C(NC4CCC(NCC(=O)O)CC4C3=O)C(=O)C2C1. The van der Waals surface area contributed by atoms with Crippen molar-refractivity contribution in [1.82, 2.24) is 21.3 Å². The highest BCUT2D eigenvalue weighted by atomic mass is 16.4. The third-order valence-electron chi connectivity index (χ3n) is 6.73. The Morgan fingerprint density at radius 2 is 1.48 bits per heavy atom. The average molecular weight is 376 g/mol. The molecule has 4 rings (SSSR count). The first-order valence-electron chi connectivity index (χ1n) is 9.96. The number of Topliss-reactive ketones (excluding diaryl/α,β-unsaturated/α-hetero) is 2. The van der Waals surface area contributed by atoms with Crippen molar-refractivity contribution >= 4 is 17.5 Å². The van der Waals surface area contributed by atoms with Crippen molar-refractivity contribution in [3.63, 3.8) is 0 Å². The number of carbonyl (C=O) groups is 3. The Hall–Kier alpha value is -1.93. The lowest BCUT2D eigenvalue weighted by atomic mass is 9.71. The summed E-state index contributed by atoms with van der Waals surface area (Å²) in [6.07, 6.45) is 4.83. The van der Waals surface area contributed by atoms with Crippen LogP contribution in [0.1, 0.15) is 38.5 Å². The van der Waals surface area contributed by atoms with Gasteiger partial charge < -0.3 is 26.4 Å². The summed E-state index contributed by atoms with van der Waals surface area (Å²) in [5, 5.41) is 21.9. The Balaban J connectivity index is 1.51. The van der Waals surface area contributed by atoms with E-state index in [0.717, 1.165) is 32.1 Å². The van der Waals surface area contributed by atoms with E-state index in [1.807, 2.05) is 7.05 Å². The summed E-state index contributed by atoms with van der Waals surface area (Å²) >= 11 is 0. The molecule has 27 heavy (non-hydrogen) atoms. The highest BCUT2D eigenvalue weighted by Crippen LogP contribution is 2.38. The quantitative estimate of drug-likeness (QED) is 0.446. The molecule has 2 heterocycles.